The van der Waals surface area contributed by atoms with Crippen LogP contribution in [0.4, 0.5) is 18.9 Å². The summed E-state index contributed by atoms with van der Waals surface area (Å²) in [7, 11) is 0. The summed E-state index contributed by atoms with van der Waals surface area (Å²) in [6.07, 6.45) is 6.45. The lowest BCUT2D eigenvalue weighted by Crippen LogP contribution is -2.41. The van der Waals surface area contributed by atoms with Gasteiger partial charge in [-0.2, -0.15) is 13.2 Å². The van der Waals surface area contributed by atoms with Crippen molar-refractivity contribution in [2.75, 3.05) is 13.2 Å². The van der Waals surface area contributed by atoms with E-state index in [4.69, 9.17) is 4.74 Å². The third kappa shape index (κ3) is 9.49. The number of carbonyl (C=O) groups is 2. The first kappa shape index (κ1) is 31.4. The van der Waals surface area contributed by atoms with E-state index in [1.165, 1.54) is 37.0 Å². The van der Waals surface area contributed by atoms with E-state index in [1.54, 1.807) is 0 Å². The Balaban J connectivity index is 1.89. The van der Waals surface area contributed by atoms with Crippen molar-refractivity contribution in [3.63, 3.8) is 0 Å². The first-order chi connectivity index (χ1) is 19.2. The Bertz CT molecular complexity index is 1100. The second-order valence-electron chi connectivity index (χ2n) is 10.5. The zero-order chi connectivity index (χ0) is 29.0. The third-order valence-electron chi connectivity index (χ3n) is 7.18. The van der Waals surface area contributed by atoms with Crippen molar-refractivity contribution in [3.05, 3.63) is 65.2 Å². The van der Waals surface area contributed by atoms with Crippen LogP contribution in [0, 0.1) is 5.92 Å². The highest BCUT2D eigenvalue weighted by atomic mass is 19.4. The van der Waals surface area contributed by atoms with E-state index >= 15 is 0 Å². The molecule has 1 aliphatic heterocycles. The van der Waals surface area contributed by atoms with Crippen LogP contribution in [0.5, 0.6) is 0 Å². The molecule has 0 aliphatic carbocycles. The lowest BCUT2D eigenvalue weighted by Gasteiger charge is -2.28. The fourth-order valence-electron chi connectivity index (χ4n) is 4.83. The number of ether oxygens (including phenoxy) is 1. The van der Waals surface area contributed by atoms with Gasteiger partial charge in [-0.05, 0) is 54.7 Å². The van der Waals surface area contributed by atoms with E-state index in [0.717, 1.165) is 62.6 Å². The van der Waals surface area contributed by atoms with Crippen LogP contribution in [0.25, 0.3) is 0 Å². The second kappa shape index (κ2) is 15.6. The number of alkyl halides is 3. The third-order valence-corrected chi connectivity index (χ3v) is 7.18. The van der Waals surface area contributed by atoms with Gasteiger partial charge in [0, 0.05) is 13.1 Å². The number of hydrogen-bond acceptors (Lipinski definition) is 4. The van der Waals surface area contributed by atoms with E-state index in [0.29, 0.717) is 13.1 Å². The van der Waals surface area contributed by atoms with Gasteiger partial charge < -0.3 is 9.64 Å². The maximum absolute atomic E-state index is 13.1. The smallest absolute Gasteiger partial charge is 0.416 e. The molecular weight excluding hydrogens is 517 g/mol. The molecule has 1 saturated heterocycles. The van der Waals surface area contributed by atoms with Crippen LogP contribution in [0.2, 0.25) is 0 Å². The van der Waals surface area contributed by atoms with Crippen LogP contribution >= 0.6 is 0 Å². The minimum Gasteiger partial charge on any atom is -0.457 e. The predicted octanol–water partition coefficient (Wildman–Crippen LogP) is 8.07. The molecule has 0 radical (unpaired) electrons. The summed E-state index contributed by atoms with van der Waals surface area (Å²) >= 11 is 0. The molecule has 8 heteroatoms. The predicted molar refractivity (Wildman–Crippen MR) is 151 cm³/mol. The van der Waals surface area contributed by atoms with E-state index in [-0.39, 0.29) is 18.1 Å². The normalized spacial score (nSPS) is 15.9. The number of benzene rings is 2. The number of amidine groups is 1. The van der Waals surface area contributed by atoms with Gasteiger partial charge in [0.2, 0.25) is 0 Å². The van der Waals surface area contributed by atoms with E-state index in [2.05, 4.69) is 43.1 Å². The van der Waals surface area contributed by atoms with Gasteiger partial charge in [-0.25, -0.2) is 4.99 Å². The first-order valence-electron chi connectivity index (χ1n) is 14.5. The number of esters is 1. The topological polar surface area (TPSA) is 59.0 Å². The molecule has 0 saturated carbocycles. The van der Waals surface area contributed by atoms with Gasteiger partial charge in [-0.1, -0.05) is 83.1 Å². The van der Waals surface area contributed by atoms with Crippen LogP contribution in [-0.4, -0.2) is 35.6 Å². The van der Waals surface area contributed by atoms with Crippen molar-refractivity contribution >= 4 is 23.3 Å². The van der Waals surface area contributed by atoms with Crippen molar-refractivity contribution < 1.29 is 27.5 Å². The molecule has 3 rings (SSSR count). The van der Waals surface area contributed by atoms with Crippen molar-refractivity contribution in [2.24, 2.45) is 10.9 Å². The average Bonchev–Trinajstić information content (AvgIpc) is 3.27. The largest absolute Gasteiger partial charge is 0.457 e. The molecule has 0 bridgehead atoms. The van der Waals surface area contributed by atoms with Crippen molar-refractivity contribution in [3.8, 4) is 0 Å². The Morgan fingerprint density at radius 1 is 0.850 bits per heavy atom. The Hall–Kier alpha value is -3.16. The summed E-state index contributed by atoms with van der Waals surface area (Å²) in [5.41, 5.74) is 1.73. The van der Waals surface area contributed by atoms with Crippen LogP contribution < -0.4 is 0 Å². The van der Waals surface area contributed by atoms with Gasteiger partial charge in [-0.3, -0.25) is 9.59 Å². The molecule has 1 atom stereocenters. The molecule has 2 aromatic carbocycles. The molecule has 218 valence electrons. The van der Waals surface area contributed by atoms with Gasteiger partial charge in [0.25, 0.3) is 0 Å². The number of carbonyl (C=O) groups excluding carboxylic acids is 2. The summed E-state index contributed by atoms with van der Waals surface area (Å²) in [4.78, 5) is 32.0. The van der Waals surface area contributed by atoms with Gasteiger partial charge in [0.15, 0.2) is 18.3 Å². The maximum atomic E-state index is 13.1. The zero-order valence-corrected chi connectivity index (χ0v) is 23.6. The monoisotopic (exact) mass is 558 g/mol. The Kier molecular flexibility index (Phi) is 12.2. The number of aryl methyl sites for hydroxylation is 1. The number of cyclic esters (lactones) is 1. The number of ketones is 1. The van der Waals surface area contributed by atoms with Gasteiger partial charge in [0.05, 0.1) is 11.3 Å². The molecule has 0 amide bonds. The summed E-state index contributed by atoms with van der Waals surface area (Å²) in [6.45, 7) is 4.98. The van der Waals surface area contributed by atoms with Crippen molar-refractivity contribution in [1.82, 2.24) is 4.90 Å². The van der Waals surface area contributed by atoms with E-state index in [9.17, 15) is 22.8 Å². The lowest BCUT2D eigenvalue weighted by atomic mass is 10.0. The molecular formula is C32H41F3N2O3. The number of nitrogens with zero attached hydrogens (tertiary/aromatic N) is 2. The van der Waals surface area contributed by atoms with Crippen LogP contribution in [-0.2, 0) is 33.5 Å². The van der Waals surface area contributed by atoms with E-state index < -0.39 is 29.4 Å². The standard InChI is InChI=1S/C32H41F3N2O3/c1-3-5-7-9-11-21-37(22-25-15-13-24(14-16-25)12-10-8-6-4-2)30(29-28(38)23-40-31(29)39)36-27-19-17-26(18-20-27)32(33,34)35/h13-20,29H,3-12,21-23H2,1-2H3. The molecule has 1 fully saturated rings. The number of halogens is 3. The Morgan fingerprint density at radius 3 is 2.02 bits per heavy atom. The molecule has 0 aromatic heterocycles. The molecule has 1 unspecified atom stereocenters. The number of unbranched alkanes of at least 4 members (excludes halogenated alkanes) is 7. The summed E-state index contributed by atoms with van der Waals surface area (Å²) in [6, 6.07) is 12.8. The van der Waals surface area contributed by atoms with E-state index in [1.807, 2.05) is 4.90 Å². The van der Waals surface area contributed by atoms with Crippen molar-refractivity contribution in [1.29, 1.82) is 0 Å². The van der Waals surface area contributed by atoms with Crippen LogP contribution in [0.15, 0.2) is 53.5 Å². The Morgan fingerprint density at radius 2 is 1.45 bits per heavy atom. The first-order valence-corrected chi connectivity index (χ1v) is 14.5. The minimum atomic E-state index is -4.47. The number of rotatable bonds is 15. The number of Topliss-reactive ketones (excluding diaryl/α,β-unsaturated/α-hetero) is 1. The summed E-state index contributed by atoms with van der Waals surface area (Å²) in [5.74, 6) is -2.04. The van der Waals surface area contributed by atoms with Crippen molar-refractivity contribution in [2.45, 2.75) is 90.8 Å². The lowest BCUT2D eigenvalue weighted by molar-refractivity contribution is -0.140. The quantitative estimate of drug-likeness (QED) is 0.0729. The summed E-state index contributed by atoms with van der Waals surface area (Å²) in [5, 5.41) is 0. The molecule has 1 heterocycles. The zero-order valence-electron chi connectivity index (χ0n) is 23.6. The number of aliphatic imine (C=N–C) groups is 1. The Labute approximate surface area is 235 Å². The average molecular weight is 559 g/mol. The fraction of sp³-hybridized carbons (Fsp3) is 0.531. The highest BCUT2D eigenvalue weighted by Gasteiger charge is 2.42. The molecule has 1 aliphatic rings. The molecule has 5 nitrogen and oxygen atoms in total. The van der Waals surface area contributed by atoms with Gasteiger partial charge >= 0.3 is 12.1 Å². The summed E-state index contributed by atoms with van der Waals surface area (Å²) < 4.78 is 44.4. The maximum Gasteiger partial charge on any atom is 0.416 e. The molecule has 0 spiro atoms. The van der Waals surface area contributed by atoms with Gasteiger partial charge in [-0.15, -0.1) is 0 Å². The van der Waals surface area contributed by atoms with Gasteiger partial charge in [0.1, 0.15) is 5.84 Å². The van der Waals surface area contributed by atoms with Crippen LogP contribution in [0.1, 0.15) is 88.3 Å². The number of hydrogen-bond donors (Lipinski definition) is 0. The highest BCUT2D eigenvalue weighted by Crippen LogP contribution is 2.31. The SMILES string of the molecule is CCCCCCCN(Cc1ccc(CCCCCC)cc1)C(=Nc1ccc(C(F)(F)F)cc1)C1C(=O)COC1=O. The molecule has 40 heavy (non-hydrogen) atoms. The van der Waals surface area contributed by atoms with Crippen LogP contribution in [0.3, 0.4) is 0 Å². The highest BCUT2D eigenvalue weighted by molar-refractivity contribution is 6.21. The second-order valence-corrected chi connectivity index (χ2v) is 10.5. The molecule has 0 N–H and O–H groups in total. The fourth-order valence-corrected chi connectivity index (χ4v) is 4.83. The molecule has 2 aromatic rings. The minimum absolute atomic E-state index is 0.228.